The highest BCUT2D eigenvalue weighted by Crippen LogP contribution is 2.26. The summed E-state index contributed by atoms with van der Waals surface area (Å²) in [5.41, 5.74) is 0. The SMILES string of the molecule is CC/C=C\C/C=C\C/C=C\C/C=C\C/C=C\C/C=C\CCCCCCCOCC(COC1OC(COC2OC(CO)C(O)C(O)C2O)C(O)C(O)C1O)OC(=O)CCCCCCC/C=C\CCC. The molecule has 11 unspecified atom stereocenters. The van der Waals surface area contributed by atoms with Crippen molar-refractivity contribution in [2.45, 2.75) is 216 Å². The Balaban J connectivity index is 1.73. The molecule has 11 atom stereocenters. The number of aliphatic hydroxyl groups is 7. The Morgan fingerprint density at radius 3 is 1.51 bits per heavy atom. The Morgan fingerprint density at radius 1 is 0.500 bits per heavy atom. The first-order valence-corrected chi connectivity index (χ1v) is 25.7. The van der Waals surface area contributed by atoms with E-state index >= 15 is 0 Å². The van der Waals surface area contributed by atoms with Crippen LogP contribution in [0, 0.1) is 0 Å². The molecule has 390 valence electrons. The molecule has 7 N–H and O–H groups in total. The first-order chi connectivity index (χ1) is 33.1. The third-order valence-electron chi connectivity index (χ3n) is 11.6. The average Bonchev–Trinajstić information content (AvgIpc) is 3.33. The maximum Gasteiger partial charge on any atom is 0.306 e. The molecule has 2 heterocycles. The molecular formula is C54H90O14. The minimum Gasteiger partial charge on any atom is -0.457 e. The molecule has 0 aliphatic carbocycles. The smallest absolute Gasteiger partial charge is 0.306 e. The van der Waals surface area contributed by atoms with E-state index in [1.165, 1.54) is 0 Å². The van der Waals surface area contributed by atoms with Gasteiger partial charge < -0.3 is 64.2 Å². The van der Waals surface area contributed by atoms with E-state index in [2.05, 4.69) is 98.9 Å². The second-order valence-corrected chi connectivity index (χ2v) is 17.6. The van der Waals surface area contributed by atoms with Gasteiger partial charge in [-0.2, -0.15) is 0 Å². The number of carbonyl (C=O) groups excluding carboxylic acids is 1. The molecule has 0 saturated carbocycles. The predicted octanol–water partition coefficient (Wildman–Crippen LogP) is 7.68. The third-order valence-corrected chi connectivity index (χ3v) is 11.6. The molecule has 14 heteroatoms. The zero-order chi connectivity index (χ0) is 49.5. The predicted molar refractivity (Wildman–Crippen MR) is 265 cm³/mol. The van der Waals surface area contributed by atoms with Crippen molar-refractivity contribution in [2.24, 2.45) is 0 Å². The van der Waals surface area contributed by atoms with Crippen molar-refractivity contribution in [2.75, 3.05) is 33.0 Å². The lowest BCUT2D eigenvalue weighted by Gasteiger charge is -2.42. The van der Waals surface area contributed by atoms with Gasteiger partial charge in [-0.15, -0.1) is 0 Å². The van der Waals surface area contributed by atoms with Crippen molar-refractivity contribution in [3.05, 3.63) is 85.1 Å². The highest BCUT2D eigenvalue weighted by molar-refractivity contribution is 5.69. The van der Waals surface area contributed by atoms with Gasteiger partial charge >= 0.3 is 5.97 Å². The standard InChI is InChI=1S/C54H90O14/c1-3-5-7-9-11-13-15-16-17-18-19-20-21-22-23-24-25-26-27-28-30-32-34-36-38-63-40-43(66-46(56)37-35-33-31-29-14-12-10-8-6-4-2)41-64-53-52(62)50(60)48(58)45(68-53)42-65-54-51(61)49(59)47(57)44(39-55)67-54/h5,7-8,10-11,13,16-17,19-20,22-23,25-26,43-45,47-55,57-62H,3-4,6,9,12,14-15,18,21,24,27-42H2,1-2H3/b7-5-,10-8-,13-11-,17-16-,20-19-,23-22-,26-25-. The second-order valence-electron chi connectivity index (χ2n) is 17.6. The fourth-order valence-electron chi connectivity index (χ4n) is 7.47. The van der Waals surface area contributed by atoms with Gasteiger partial charge in [0.2, 0.25) is 0 Å². The molecule has 2 rings (SSSR count). The van der Waals surface area contributed by atoms with E-state index in [4.69, 9.17) is 28.4 Å². The Bertz CT molecular complexity index is 1440. The van der Waals surface area contributed by atoms with Crippen LogP contribution >= 0.6 is 0 Å². The van der Waals surface area contributed by atoms with Gasteiger partial charge in [0.15, 0.2) is 12.6 Å². The number of allylic oxidation sites excluding steroid dienone is 14. The van der Waals surface area contributed by atoms with E-state index in [0.29, 0.717) is 13.0 Å². The zero-order valence-electron chi connectivity index (χ0n) is 41.3. The first-order valence-electron chi connectivity index (χ1n) is 25.7. The van der Waals surface area contributed by atoms with Crippen molar-refractivity contribution >= 4 is 5.97 Å². The quantitative estimate of drug-likeness (QED) is 0.0179. The largest absolute Gasteiger partial charge is 0.457 e. The van der Waals surface area contributed by atoms with E-state index in [-0.39, 0.29) is 19.6 Å². The van der Waals surface area contributed by atoms with Gasteiger partial charge in [0, 0.05) is 13.0 Å². The van der Waals surface area contributed by atoms with Gasteiger partial charge in [-0.05, 0) is 83.5 Å². The van der Waals surface area contributed by atoms with Crippen molar-refractivity contribution in [3.8, 4) is 0 Å². The van der Waals surface area contributed by atoms with E-state index in [1.807, 2.05) is 0 Å². The van der Waals surface area contributed by atoms with E-state index in [0.717, 1.165) is 122 Å². The van der Waals surface area contributed by atoms with Crippen LogP contribution in [0.15, 0.2) is 85.1 Å². The van der Waals surface area contributed by atoms with Crippen molar-refractivity contribution < 1.29 is 69.0 Å². The second kappa shape index (κ2) is 40.9. The Morgan fingerprint density at radius 2 is 0.956 bits per heavy atom. The van der Waals surface area contributed by atoms with Gasteiger partial charge in [0.25, 0.3) is 0 Å². The van der Waals surface area contributed by atoms with Crippen LogP contribution in [-0.2, 0) is 33.2 Å². The van der Waals surface area contributed by atoms with Crippen LogP contribution in [0.3, 0.4) is 0 Å². The summed E-state index contributed by atoms with van der Waals surface area (Å²) in [6.45, 7) is 3.41. The fourth-order valence-corrected chi connectivity index (χ4v) is 7.47. The minimum atomic E-state index is -1.72. The van der Waals surface area contributed by atoms with Gasteiger partial charge in [0.1, 0.15) is 54.9 Å². The summed E-state index contributed by atoms with van der Waals surface area (Å²) in [6.07, 6.45) is 35.2. The Hall–Kier alpha value is -2.83. The van der Waals surface area contributed by atoms with E-state index < -0.39 is 86.7 Å². The van der Waals surface area contributed by atoms with Crippen LogP contribution in [0.5, 0.6) is 0 Å². The normalized spacial score (nSPS) is 26.6. The number of hydrogen-bond donors (Lipinski definition) is 7. The number of aliphatic hydroxyl groups excluding tert-OH is 7. The lowest BCUT2D eigenvalue weighted by Crippen LogP contribution is -2.61. The molecule has 0 aromatic heterocycles. The molecule has 0 aromatic rings. The van der Waals surface area contributed by atoms with Crippen molar-refractivity contribution in [3.63, 3.8) is 0 Å². The first kappa shape index (κ1) is 61.3. The lowest BCUT2D eigenvalue weighted by molar-refractivity contribution is -0.332. The lowest BCUT2D eigenvalue weighted by atomic mass is 9.98. The summed E-state index contributed by atoms with van der Waals surface area (Å²) >= 11 is 0. The van der Waals surface area contributed by atoms with Gasteiger partial charge in [-0.3, -0.25) is 4.79 Å². The van der Waals surface area contributed by atoms with Gasteiger partial charge in [-0.1, -0.05) is 144 Å². The van der Waals surface area contributed by atoms with Crippen molar-refractivity contribution in [1.82, 2.24) is 0 Å². The Labute approximate surface area is 408 Å². The molecule has 0 aromatic carbocycles. The van der Waals surface area contributed by atoms with Crippen LogP contribution in [-0.4, -0.2) is 142 Å². The molecule has 2 aliphatic rings. The average molecular weight is 963 g/mol. The summed E-state index contributed by atoms with van der Waals surface area (Å²) in [7, 11) is 0. The Kier molecular flexibility index (Phi) is 36.8. The maximum absolute atomic E-state index is 12.9. The highest BCUT2D eigenvalue weighted by atomic mass is 16.7. The van der Waals surface area contributed by atoms with Crippen LogP contribution in [0.4, 0.5) is 0 Å². The third kappa shape index (κ3) is 28.1. The van der Waals surface area contributed by atoms with E-state index in [1.54, 1.807) is 0 Å². The molecule has 14 nitrogen and oxygen atoms in total. The van der Waals surface area contributed by atoms with Crippen LogP contribution in [0.2, 0.25) is 0 Å². The molecular weight excluding hydrogens is 873 g/mol. The number of rotatable bonds is 39. The minimum absolute atomic E-state index is 0.0393. The van der Waals surface area contributed by atoms with Crippen LogP contribution in [0.25, 0.3) is 0 Å². The van der Waals surface area contributed by atoms with Crippen LogP contribution in [0.1, 0.15) is 149 Å². The number of carbonyl (C=O) groups is 1. The zero-order valence-corrected chi connectivity index (χ0v) is 41.3. The highest BCUT2D eigenvalue weighted by Gasteiger charge is 2.47. The molecule has 2 aliphatic heterocycles. The molecule has 0 radical (unpaired) electrons. The number of unbranched alkanes of at least 4 members (excludes halogenated alkanes) is 11. The molecule has 0 amide bonds. The molecule has 2 fully saturated rings. The fraction of sp³-hybridized carbons (Fsp3) is 0.722. The summed E-state index contributed by atoms with van der Waals surface area (Å²) < 4.78 is 34.2. The molecule has 2 saturated heterocycles. The number of hydrogen-bond acceptors (Lipinski definition) is 14. The number of esters is 1. The van der Waals surface area contributed by atoms with E-state index in [9.17, 15) is 40.5 Å². The van der Waals surface area contributed by atoms with Gasteiger partial charge in [0.05, 0.1) is 26.4 Å². The monoisotopic (exact) mass is 963 g/mol. The summed E-state index contributed by atoms with van der Waals surface area (Å²) in [5.74, 6) is -0.400. The van der Waals surface area contributed by atoms with Crippen LogP contribution < -0.4 is 0 Å². The summed E-state index contributed by atoms with van der Waals surface area (Å²) in [5, 5.41) is 72.0. The van der Waals surface area contributed by atoms with Crippen molar-refractivity contribution in [1.29, 1.82) is 0 Å². The molecule has 0 spiro atoms. The topological polar surface area (TPSA) is 214 Å². The molecule has 0 bridgehead atoms. The summed E-state index contributed by atoms with van der Waals surface area (Å²) in [4.78, 5) is 12.9. The van der Waals surface area contributed by atoms with Gasteiger partial charge in [-0.25, -0.2) is 0 Å². The maximum atomic E-state index is 12.9. The molecule has 68 heavy (non-hydrogen) atoms. The summed E-state index contributed by atoms with van der Waals surface area (Å²) in [6, 6.07) is 0. The number of ether oxygens (including phenoxy) is 6.